The fourth-order valence-electron chi connectivity index (χ4n) is 12.7. The van der Waals surface area contributed by atoms with Crippen LogP contribution in [0.3, 0.4) is 0 Å². The molecule has 55 heteroatoms. The summed E-state index contributed by atoms with van der Waals surface area (Å²) < 4.78 is 158. The number of hydrogen-bond acceptors (Lipinski definition) is 40. The van der Waals surface area contributed by atoms with E-state index in [4.69, 9.17) is 93.1 Å². The minimum Gasteiger partial charge on any atom is -0.390 e. The van der Waals surface area contributed by atoms with Gasteiger partial charge in [0.15, 0.2) is 57.3 Å². The lowest BCUT2D eigenvalue weighted by Gasteiger charge is -2.26. The summed E-state index contributed by atoms with van der Waals surface area (Å²) in [5.41, 5.74) is 32.2. The maximum absolute atomic E-state index is 14.9. The van der Waals surface area contributed by atoms with Crippen LogP contribution in [-0.4, -0.2) is 228 Å². The van der Waals surface area contributed by atoms with E-state index in [0.717, 1.165) is 19.3 Å². The zero-order valence-electron chi connectivity index (χ0n) is 54.5. The number of aromatic nitrogens is 20. The molecule has 0 aliphatic carbocycles. The van der Waals surface area contributed by atoms with Crippen LogP contribution in [0.1, 0.15) is 63.2 Å². The van der Waals surface area contributed by atoms with E-state index in [1.807, 2.05) is 0 Å². The van der Waals surface area contributed by atoms with E-state index >= 15 is 0 Å². The predicted octanol–water partition coefficient (Wildman–Crippen LogP) is 0.736. The molecule has 10 aromatic rings. The second-order valence-electron chi connectivity index (χ2n) is 24.5. The summed E-state index contributed by atoms with van der Waals surface area (Å²) in [4.78, 5) is 116. The molecule has 0 radical (unpaired) electrons. The number of phosphoric acid groups is 4. The average molecular weight is 1580 g/mol. The molecular formula is C51H64N25O25P5. The van der Waals surface area contributed by atoms with E-state index in [1.165, 1.54) is 73.5 Å². The monoisotopic (exact) mass is 1580 g/mol. The average Bonchev–Trinajstić information content (AvgIpc) is 1.65. The summed E-state index contributed by atoms with van der Waals surface area (Å²) in [6.07, 6.45) is -7.92. The SMILES string of the molecule is CP(=O)(OC[C@H]1O[C@@H](n2cnc3c(N)ncnc32)C[C@@H]1OP(=O)(O)OC[C@H]1O[C@@H](n2cnc3c(N)ncnc32)C[C@@H]1OP(=O)(O)OC[C@H]1O[C@@H](n2cnc3c(N)ncnc32)C[C@@H]1O)O[C@H]1C[C@H](n2cnc3c(N)ncnc32)O[C@@H]1COP(=O)(O)O[C@H]1C[C@H](n2cnc3c(N)ncnc32)O[C@@H]1COP(=O)(O)O. The van der Waals surface area contributed by atoms with Gasteiger partial charge in [-0.25, -0.2) is 93.0 Å². The number of nitrogens with two attached hydrogens (primary N) is 5. The lowest BCUT2D eigenvalue weighted by atomic mass is 10.2. The number of ether oxygens (including phenoxy) is 5. The van der Waals surface area contributed by atoms with Gasteiger partial charge < -0.3 is 91.0 Å². The third kappa shape index (κ3) is 15.5. The summed E-state index contributed by atoms with van der Waals surface area (Å²) >= 11 is 0. The number of aliphatic hydroxyl groups excluding tert-OH is 1. The maximum atomic E-state index is 14.9. The van der Waals surface area contributed by atoms with Gasteiger partial charge in [-0.2, -0.15) is 0 Å². The van der Waals surface area contributed by atoms with Crippen molar-refractivity contribution in [1.29, 1.82) is 0 Å². The van der Waals surface area contributed by atoms with E-state index in [0.29, 0.717) is 5.65 Å². The van der Waals surface area contributed by atoms with Crippen LogP contribution >= 0.6 is 38.9 Å². The van der Waals surface area contributed by atoms with Crippen LogP contribution < -0.4 is 28.7 Å². The van der Waals surface area contributed by atoms with Gasteiger partial charge in [-0.3, -0.25) is 59.1 Å². The van der Waals surface area contributed by atoms with Crippen LogP contribution in [0, 0.1) is 0 Å². The molecule has 15 rings (SSSR count). The quantitative estimate of drug-likeness (QED) is 0.0301. The zero-order valence-corrected chi connectivity index (χ0v) is 59.0. The Morgan fingerprint density at radius 1 is 0.358 bits per heavy atom. The number of fused-ring (bicyclic) bond motifs is 5. The van der Waals surface area contributed by atoms with Crippen molar-refractivity contribution in [1.82, 2.24) is 97.6 Å². The highest BCUT2D eigenvalue weighted by Crippen LogP contribution is 2.56. The Labute approximate surface area is 592 Å². The van der Waals surface area contributed by atoms with E-state index in [2.05, 4.69) is 74.8 Å². The summed E-state index contributed by atoms with van der Waals surface area (Å²) in [6, 6.07) is 0. The molecule has 0 bridgehead atoms. The molecule has 5 saturated heterocycles. The molecule has 5 aliphatic heterocycles. The molecule has 0 aromatic carbocycles. The largest absolute Gasteiger partial charge is 0.472 e. The highest BCUT2D eigenvalue weighted by atomic mass is 31.2. The number of hydrogen-bond donors (Lipinski definition) is 11. The van der Waals surface area contributed by atoms with Gasteiger partial charge >= 0.3 is 38.9 Å². The fourth-order valence-corrected chi connectivity index (χ4v) is 17.1. The Morgan fingerprint density at radius 2 is 0.604 bits per heavy atom. The molecule has 16 N–H and O–H groups in total. The van der Waals surface area contributed by atoms with Gasteiger partial charge in [-0.05, 0) is 0 Å². The molecule has 50 nitrogen and oxygen atoms in total. The van der Waals surface area contributed by atoms with Gasteiger partial charge in [0.2, 0.25) is 0 Å². The number of nitrogens with zero attached hydrogens (tertiary/aromatic N) is 20. The highest BCUT2D eigenvalue weighted by molar-refractivity contribution is 7.53. The lowest BCUT2D eigenvalue weighted by Crippen LogP contribution is -2.32. The molecule has 19 atom stereocenters. The normalized spacial score (nSPS) is 28.9. The van der Waals surface area contributed by atoms with E-state index in [-0.39, 0.29) is 111 Å². The van der Waals surface area contributed by atoms with Gasteiger partial charge in [0.05, 0.1) is 76.9 Å². The molecule has 5 fully saturated rings. The van der Waals surface area contributed by atoms with Gasteiger partial charge in [0.25, 0.3) is 0 Å². The first-order chi connectivity index (χ1) is 50.5. The molecule has 0 spiro atoms. The topological polar surface area (TPSA) is 684 Å². The Balaban J connectivity index is 0.641. The van der Waals surface area contributed by atoms with Crippen LogP contribution in [0.5, 0.6) is 0 Å². The molecule has 0 amide bonds. The Kier molecular flexibility index (Phi) is 20.1. The number of nitrogen functional groups attached to an aromatic ring is 5. The number of rotatable bonds is 28. The summed E-state index contributed by atoms with van der Waals surface area (Å²) in [5.74, 6) is 0.152. The molecular weight excluding hydrogens is 1520 g/mol. The van der Waals surface area contributed by atoms with Crippen molar-refractivity contribution in [3.05, 3.63) is 63.3 Å². The molecule has 106 heavy (non-hydrogen) atoms. The van der Waals surface area contributed by atoms with Gasteiger partial charge in [-0.1, -0.05) is 0 Å². The van der Waals surface area contributed by atoms with Gasteiger partial charge in [0, 0.05) is 38.8 Å². The first-order valence-electron chi connectivity index (χ1n) is 31.7. The van der Waals surface area contributed by atoms with Crippen LogP contribution in [0.4, 0.5) is 29.1 Å². The molecule has 0 saturated carbocycles. The Bertz CT molecular complexity index is 5190. The van der Waals surface area contributed by atoms with E-state index in [1.54, 1.807) is 0 Å². The van der Waals surface area contributed by atoms with Crippen molar-refractivity contribution in [3.63, 3.8) is 0 Å². The predicted molar refractivity (Wildman–Crippen MR) is 352 cm³/mol. The highest BCUT2D eigenvalue weighted by Gasteiger charge is 2.50. The van der Waals surface area contributed by atoms with Gasteiger partial charge in [-0.15, -0.1) is 0 Å². The van der Waals surface area contributed by atoms with Crippen LogP contribution in [0.25, 0.3) is 55.8 Å². The molecule has 4 unspecified atom stereocenters. The first-order valence-corrected chi connectivity index (χ1v) is 39.7. The van der Waals surface area contributed by atoms with E-state index in [9.17, 15) is 52.4 Å². The molecule has 10 aromatic heterocycles. The zero-order chi connectivity index (χ0) is 74.4. The maximum Gasteiger partial charge on any atom is 0.472 e. The number of imidazole rings is 5. The van der Waals surface area contributed by atoms with Crippen LogP contribution in [0.2, 0.25) is 0 Å². The molecule has 568 valence electrons. The Hall–Kier alpha value is -7.90. The smallest absolute Gasteiger partial charge is 0.390 e. The summed E-state index contributed by atoms with van der Waals surface area (Å²) in [7, 11) is -25.5. The van der Waals surface area contributed by atoms with Crippen molar-refractivity contribution in [2.45, 2.75) is 124 Å². The fraction of sp³-hybridized carbons (Fsp3) is 0.510. The third-order valence-corrected chi connectivity index (χ3v) is 22.4. The standard InChI is InChI=1S/C51H64N25O25P5/c1-102(78,98-23-3-33(73-18-68-38-43(53)58-13-63-48(38)73)96-30(23)10-91-105(84,85)100-25-5-35(95-29(25)9-89-103(79,80)81)75-20-70-40-45(55)60-15-65-50(40)75)88-8-28-24(4-34(94-28)74-19-69-39-44(54)59-14-64-49(39)74)99-106(86,87)92-11-31-26(6-36(97-31)76-21-71-41-46(56)61-16-66-51(41)76)101-104(82,83)90-7-27-22(77)2-32(93-27)72-17-67-37-42(52)57-12-62-47(37)72/h12-36,77H,2-11H2,1H3,(H,82,83)(H,84,85)(H,86,87)(H2,52,57,62)(H2,53,58,63)(H2,54,59,64)(H2,55,60,65)(H2,56,61,66)(H2,79,80,81)/t22-,23-,24-,25-,26-,27+,28+,29+,30+,31+,32+,33+,34+,35+,36+,102?/m0/s1. The van der Waals surface area contributed by atoms with Crippen molar-refractivity contribution < 1.29 is 117 Å². The van der Waals surface area contributed by atoms with Crippen LogP contribution in [-0.2, 0) is 87.2 Å². The first kappa shape index (κ1) is 73.6. The second-order valence-corrected chi connectivity index (χ2v) is 32.0. The van der Waals surface area contributed by atoms with Crippen molar-refractivity contribution in [2.75, 3.05) is 68.4 Å². The number of anilines is 5. The Morgan fingerprint density at radius 3 is 0.896 bits per heavy atom. The van der Waals surface area contributed by atoms with Crippen molar-refractivity contribution in [3.8, 4) is 0 Å². The third-order valence-electron chi connectivity index (χ3n) is 17.6. The van der Waals surface area contributed by atoms with Crippen molar-refractivity contribution in [2.24, 2.45) is 0 Å². The minimum absolute atomic E-state index is 0.000703. The lowest BCUT2D eigenvalue weighted by molar-refractivity contribution is -0.0607. The summed E-state index contributed by atoms with van der Waals surface area (Å²) in [5, 5.41) is 11.0. The molecule has 15 heterocycles. The number of aliphatic hydroxyl groups is 1. The van der Waals surface area contributed by atoms with Gasteiger partial charge in [0.1, 0.15) is 139 Å². The van der Waals surface area contributed by atoms with Crippen molar-refractivity contribution >= 4 is 124 Å². The second kappa shape index (κ2) is 28.9. The number of phosphoric ester groups is 4. The van der Waals surface area contributed by atoms with E-state index < -0.39 is 164 Å². The summed E-state index contributed by atoms with van der Waals surface area (Å²) in [6.45, 7) is -2.92. The molecule has 5 aliphatic rings. The van der Waals surface area contributed by atoms with Crippen LogP contribution in [0.15, 0.2) is 63.3 Å². The minimum atomic E-state index is -5.38.